The normalized spacial score (nSPS) is 39.5. The van der Waals surface area contributed by atoms with Crippen molar-refractivity contribution in [1.82, 2.24) is 4.90 Å². The lowest BCUT2D eigenvalue weighted by Gasteiger charge is -2.46. The monoisotopic (exact) mass is 183 g/mol. The molecule has 2 heteroatoms. The van der Waals surface area contributed by atoms with Crippen molar-refractivity contribution in [2.75, 3.05) is 19.6 Å². The van der Waals surface area contributed by atoms with Crippen molar-refractivity contribution < 1.29 is 4.74 Å². The molecule has 13 heavy (non-hydrogen) atoms. The summed E-state index contributed by atoms with van der Waals surface area (Å²) in [5.74, 6) is 0.837. The first-order valence-electron chi connectivity index (χ1n) is 5.45. The van der Waals surface area contributed by atoms with Gasteiger partial charge in [0.1, 0.15) is 0 Å². The summed E-state index contributed by atoms with van der Waals surface area (Å²) in [6.07, 6.45) is 3.20. The van der Waals surface area contributed by atoms with E-state index in [1.165, 1.54) is 32.5 Å². The molecule has 0 aromatic heterocycles. The SMILES string of the molecule is CC(C)(C)OC1CN2CCC1CC2. The van der Waals surface area contributed by atoms with Crippen LogP contribution in [-0.4, -0.2) is 36.2 Å². The molecule has 2 nitrogen and oxygen atoms in total. The summed E-state index contributed by atoms with van der Waals surface area (Å²) in [6.45, 7) is 10.2. The Balaban J connectivity index is 1.94. The van der Waals surface area contributed by atoms with Crippen LogP contribution in [-0.2, 0) is 4.74 Å². The Bertz CT molecular complexity index is 177. The zero-order valence-electron chi connectivity index (χ0n) is 9.05. The van der Waals surface area contributed by atoms with E-state index in [2.05, 4.69) is 25.7 Å². The molecule has 3 fully saturated rings. The third kappa shape index (κ3) is 2.23. The van der Waals surface area contributed by atoms with Crippen molar-refractivity contribution in [3.8, 4) is 0 Å². The molecule has 3 aliphatic heterocycles. The maximum atomic E-state index is 6.07. The Hall–Kier alpha value is -0.0800. The van der Waals surface area contributed by atoms with Crippen LogP contribution in [0.1, 0.15) is 33.6 Å². The average molecular weight is 183 g/mol. The van der Waals surface area contributed by atoms with E-state index in [-0.39, 0.29) is 5.60 Å². The van der Waals surface area contributed by atoms with Crippen LogP contribution in [0.15, 0.2) is 0 Å². The number of nitrogens with zero attached hydrogens (tertiary/aromatic N) is 1. The summed E-state index contributed by atoms with van der Waals surface area (Å²) in [4.78, 5) is 2.54. The van der Waals surface area contributed by atoms with Crippen molar-refractivity contribution in [3.63, 3.8) is 0 Å². The molecule has 3 rings (SSSR count). The van der Waals surface area contributed by atoms with Gasteiger partial charge < -0.3 is 9.64 Å². The Morgan fingerprint density at radius 2 is 1.77 bits per heavy atom. The highest BCUT2D eigenvalue weighted by atomic mass is 16.5. The molecule has 0 saturated carbocycles. The van der Waals surface area contributed by atoms with Crippen LogP contribution in [0, 0.1) is 5.92 Å². The van der Waals surface area contributed by atoms with Gasteiger partial charge in [0.15, 0.2) is 0 Å². The molecular formula is C11H21NO. The molecule has 0 aromatic rings. The molecule has 3 saturated heterocycles. The van der Waals surface area contributed by atoms with Gasteiger partial charge >= 0.3 is 0 Å². The smallest absolute Gasteiger partial charge is 0.0738 e. The minimum Gasteiger partial charge on any atom is -0.371 e. The van der Waals surface area contributed by atoms with Gasteiger partial charge in [0.2, 0.25) is 0 Å². The fourth-order valence-electron chi connectivity index (χ4n) is 2.50. The topological polar surface area (TPSA) is 12.5 Å². The van der Waals surface area contributed by atoms with E-state index in [0.29, 0.717) is 6.10 Å². The minimum absolute atomic E-state index is 0.0310. The molecule has 0 aromatic carbocycles. The highest BCUT2D eigenvalue weighted by Gasteiger charge is 2.36. The molecular weight excluding hydrogens is 162 g/mol. The van der Waals surface area contributed by atoms with E-state index >= 15 is 0 Å². The highest BCUT2D eigenvalue weighted by molar-refractivity contribution is 4.88. The molecule has 0 N–H and O–H groups in total. The van der Waals surface area contributed by atoms with Crippen LogP contribution in [0.4, 0.5) is 0 Å². The van der Waals surface area contributed by atoms with E-state index in [4.69, 9.17) is 4.74 Å². The number of piperidine rings is 3. The Kier molecular flexibility index (Phi) is 2.37. The Morgan fingerprint density at radius 3 is 2.15 bits per heavy atom. The Labute approximate surface area is 81.3 Å². The predicted molar refractivity (Wildman–Crippen MR) is 53.8 cm³/mol. The quantitative estimate of drug-likeness (QED) is 0.615. The summed E-state index contributed by atoms with van der Waals surface area (Å²) in [5, 5.41) is 0. The molecule has 0 amide bonds. The number of rotatable bonds is 1. The maximum absolute atomic E-state index is 6.07. The van der Waals surface area contributed by atoms with Gasteiger partial charge in [0, 0.05) is 6.54 Å². The molecule has 0 radical (unpaired) electrons. The van der Waals surface area contributed by atoms with E-state index in [0.717, 1.165) is 5.92 Å². The molecule has 0 aliphatic carbocycles. The van der Waals surface area contributed by atoms with Gasteiger partial charge in [-0.05, 0) is 52.6 Å². The molecule has 3 aliphatic rings. The zero-order chi connectivity index (χ0) is 9.47. The van der Waals surface area contributed by atoms with Crippen LogP contribution in [0.2, 0.25) is 0 Å². The lowest BCUT2D eigenvalue weighted by atomic mass is 9.85. The summed E-state index contributed by atoms with van der Waals surface area (Å²) in [6, 6.07) is 0. The van der Waals surface area contributed by atoms with Crippen LogP contribution in [0.3, 0.4) is 0 Å². The van der Waals surface area contributed by atoms with Gasteiger partial charge in [-0.2, -0.15) is 0 Å². The second-order valence-corrected chi connectivity index (χ2v) is 5.41. The lowest BCUT2D eigenvalue weighted by molar-refractivity contribution is -0.131. The molecule has 0 spiro atoms. The van der Waals surface area contributed by atoms with Crippen molar-refractivity contribution in [2.24, 2.45) is 5.92 Å². The number of hydrogen-bond acceptors (Lipinski definition) is 2. The number of fused-ring (bicyclic) bond motifs is 3. The number of hydrogen-bond donors (Lipinski definition) is 0. The van der Waals surface area contributed by atoms with Gasteiger partial charge in [-0.1, -0.05) is 0 Å². The standard InChI is InChI=1S/C11H21NO/c1-11(2,3)13-10-8-12-6-4-9(10)5-7-12/h9-10H,4-8H2,1-3H3. The first-order chi connectivity index (χ1) is 6.04. The van der Waals surface area contributed by atoms with Gasteiger partial charge in [0.25, 0.3) is 0 Å². The fraction of sp³-hybridized carbons (Fsp3) is 1.00. The largest absolute Gasteiger partial charge is 0.371 e. The first kappa shape index (κ1) is 9.47. The first-order valence-corrected chi connectivity index (χ1v) is 5.45. The van der Waals surface area contributed by atoms with Crippen molar-refractivity contribution in [3.05, 3.63) is 0 Å². The maximum Gasteiger partial charge on any atom is 0.0738 e. The summed E-state index contributed by atoms with van der Waals surface area (Å²) >= 11 is 0. The van der Waals surface area contributed by atoms with Crippen LogP contribution in [0.5, 0.6) is 0 Å². The minimum atomic E-state index is 0.0310. The summed E-state index contributed by atoms with van der Waals surface area (Å²) in [5.41, 5.74) is 0.0310. The molecule has 3 heterocycles. The van der Waals surface area contributed by atoms with E-state index < -0.39 is 0 Å². The van der Waals surface area contributed by atoms with Gasteiger partial charge in [-0.25, -0.2) is 0 Å². The second-order valence-electron chi connectivity index (χ2n) is 5.41. The van der Waals surface area contributed by atoms with Crippen LogP contribution in [0.25, 0.3) is 0 Å². The fourth-order valence-corrected chi connectivity index (χ4v) is 2.50. The van der Waals surface area contributed by atoms with Crippen molar-refractivity contribution in [2.45, 2.75) is 45.3 Å². The summed E-state index contributed by atoms with van der Waals surface area (Å²) < 4.78 is 6.07. The van der Waals surface area contributed by atoms with Gasteiger partial charge in [-0.3, -0.25) is 0 Å². The second kappa shape index (κ2) is 3.25. The van der Waals surface area contributed by atoms with E-state index in [1.54, 1.807) is 0 Å². The van der Waals surface area contributed by atoms with Gasteiger partial charge in [0.05, 0.1) is 11.7 Å². The average Bonchev–Trinajstić information content (AvgIpc) is 2.03. The Morgan fingerprint density at radius 1 is 1.15 bits per heavy atom. The molecule has 76 valence electrons. The summed E-state index contributed by atoms with van der Waals surface area (Å²) in [7, 11) is 0. The van der Waals surface area contributed by atoms with Crippen LogP contribution >= 0.6 is 0 Å². The van der Waals surface area contributed by atoms with Crippen molar-refractivity contribution >= 4 is 0 Å². The molecule has 1 unspecified atom stereocenters. The van der Waals surface area contributed by atoms with E-state index in [9.17, 15) is 0 Å². The van der Waals surface area contributed by atoms with Crippen LogP contribution < -0.4 is 0 Å². The number of ether oxygens (including phenoxy) is 1. The van der Waals surface area contributed by atoms with Crippen molar-refractivity contribution in [1.29, 1.82) is 0 Å². The predicted octanol–water partition coefficient (Wildman–Crippen LogP) is 1.90. The zero-order valence-corrected chi connectivity index (χ0v) is 9.05. The van der Waals surface area contributed by atoms with E-state index in [1.807, 2.05) is 0 Å². The third-order valence-electron chi connectivity index (χ3n) is 3.10. The third-order valence-corrected chi connectivity index (χ3v) is 3.10. The lowest BCUT2D eigenvalue weighted by Crippen LogP contribution is -2.53. The molecule has 2 bridgehead atoms. The highest BCUT2D eigenvalue weighted by Crippen LogP contribution is 2.31. The van der Waals surface area contributed by atoms with Gasteiger partial charge in [-0.15, -0.1) is 0 Å². The molecule has 1 atom stereocenters.